The van der Waals surface area contributed by atoms with Gasteiger partial charge in [-0.1, -0.05) is 11.6 Å². The predicted molar refractivity (Wildman–Crippen MR) is 83.3 cm³/mol. The van der Waals surface area contributed by atoms with E-state index in [1.165, 1.54) is 12.1 Å². The molecule has 0 spiro atoms. The molecular weight excluding hydrogens is 325 g/mol. The van der Waals surface area contributed by atoms with Crippen molar-refractivity contribution < 1.29 is 19.0 Å². The van der Waals surface area contributed by atoms with Gasteiger partial charge in [-0.05, 0) is 30.3 Å². The number of ether oxygens (including phenoxy) is 2. The second-order valence-corrected chi connectivity index (χ2v) is 5.05. The summed E-state index contributed by atoms with van der Waals surface area (Å²) in [5.74, 6) is 0.593. The van der Waals surface area contributed by atoms with Crippen molar-refractivity contribution in [3.63, 3.8) is 0 Å². The molecule has 23 heavy (non-hydrogen) atoms. The molecule has 0 aliphatic carbocycles. The maximum absolute atomic E-state index is 12.7. The Morgan fingerprint density at radius 2 is 1.91 bits per heavy atom. The Labute approximate surface area is 138 Å². The molecule has 2 N–H and O–H groups in total. The normalized spacial score (nSPS) is 12.0. The molecule has 0 amide bonds. The van der Waals surface area contributed by atoms with Gasteiger partial charge in [0.2, 0.25) is 5.88 Å². The van der Waals surface area contributed by atoms with Crippen molar-refractivity contribution in [2.45, 2.75) is 6.10 Å². The molecule has 124 valence electrons. The molecule has 2 rings (SSSR count). The molecule has 0 aliphatic heterocycles. The molecule has 2 aromatic rings. The molecule has 0 saturated heterocycles. The van der Waals surface area contributed by atoms with Gasteiger partial charge < -0.3 is 19.9 Å². The maximum Gasteiger partial charge on any atom is 0.233 e. The van der Waals surface area contributed by atoms with Gasteiger partial charge in [-0.25, -0.2) is 4.39 Å². The van der Waals surface area contributed by atoms with Crippen LogP contribution < -0.4 is 14.8 Å². The van der Waals surface area contributed by atoms with Crippen molar-refractivity contribution >= 4 is 11.6 Å². The van der Waals surface area contributed by atoms with E-state index in [1.807, 2.05) is 0 Å². The first-order valence-electron chi connectivity index (χ1n) is 7.02. The number of halogens is 2. The van der Waals surface area contributed by atoms with E-state index in [0.717, 1.165) is 0 Å². The van der Waals surface area contributed by atoms with E-state index in [9.17, 15) is 9.50 Å². The van der Waals surface area contributed by atoms with Gasteiger partial charge in [0, 0.05) is 19.2 Å². The molecule has 0 bridgehead atoms. The van der Waals surface area contributed by atoms with Gasteiger partial charge in [0.1, 0.15) is 30.9 Å². The average Bonchev–Trinajstić information content (AvgIpc) is 2.56. The lowest BCUT2D eigenvalue weighted by molar-refractivity contribution is 0.102. The topological polar surface area (TPSA) is 76.5 Å². The van der Waals surface area contributed by atoms with E-state index < -0.39 is 6.10 Å². The van der Waals surface area contributed by atoms with E-state index in [4.69, 9.17) is 21.1 Å². The van der Waals surface area contributed by atoms with Crippen molar-refractivity contribution in [2.24, 2.45) is 0 Å². The van der Waals surface area contributed by atoms with Crippen molar-refractivity contribution in [3.05, 3.63) is 47.4 Å². The first-order valence-corrected chi connectivity index (χ1v) is 7.40. The molecule has 0 fully saturated rings. The number of aliphatic hydroxyl groups excluding tert-OH is 1. The minimum Gasteiger partial charge on any atom is -0.492 e. The predicted octanol–water partition coefficient (Wildman–Crippen LogP) is 1.68. The number of hydrogen-bond donors (Lipinski definition) is 2. The molecule has 0 radical (unpaired) electrons. The van der Waals surface area contributed by atoms with E-state index in [0.29, 0.717) is 31.3 Å². The van der Waals surface area contributed by atoms with Gasteiger partial charge in [-0.2, -0.15) is 0 Å². The molecule has 1 aromatic carbocycles. The molecule has 1 atom stereocenters. The zero-order valence-electron chi connectivity index (χ0n) is 12.3. The van der Waals surface area contributed by atoms with Crippen molar-refractivity contribution in [3.8, 4) is 11.6 Å². The lowest BCUT2D eigenvalue weighted by Gasteiger charge is -2.13. The van der Waals surface area contributed by atoms with Crippen LogP contribution in [0, 0.1) is 5.82 Å². The van der Waals surface area contributed by atoms with Crippen molar-refractivity contribution in [1.29, 1.82) is 0 Å². The van der Waals surface area contributed by atoms with Crippen LogP contribution in [0.15, 0.2) is 36.4 Å². The Kier molecular flexibility index (Phi) is 6.99. The monoisotopic (exact) mass is 341 g/mol. The van der Waals surface area contributed by atoms with Gasteiger partial charge in [0.05, 0.1) is 0 Å². The molecule has 1 unspecified atom stereocenters. The Morgan fingerprint density at radius 3 is 2.61 bits per heavy atom. The summed E-state index contributed by atoms with van der Waals surface area (Å²) in [7, 11) is 0. The summed E-state index contributed by atoms with van der Waals surface area (Å²) in [6.45, 7) is 1.37. The number of hydrogen-bond acceptors (Lipinski definition) is 6. The summed E-state index contributed by atoms with van der Waals surface area (Å²) in [6, 6.07) is 8.93. The molecule has 8 heteroatoms. The number of rotatable bonds is 9. The van der Waals surface area contributed by atoms with Crippen molar-refractivity contribution in [2.75, 3.05) is 26.3 Å². The Bertz CT molecular complexity index is 584. The summed E-state index contributed by atoms with van der Waals surface area (Å²) in [5.41, 5.74) is 0. The second kappa shape index (κ2) is 9.24. The fourth-order valence-corrected chi connectivity index (χ4v) is 1.76. The first-order chi connectivity index (χ1) is 11.1. The fraction of sp³-hybridized carbons (Fsp3) is 0.333. The lowest BCUT2D eigenvalue weighted by atomic mass is 10.3. The molecule has 1 heterocycles. The smallest absolute Gasteiger partial charge is 0.233 e. The van der Waals surface area contributed by atoms with Crippen molar-refractivity contribution in [1.82, 2.24) is 15.5 Å². The van der Waals surface area contributed by atoms with Crippen LogP contribution >= 0.6 is 11.6 Å². The van der Waals surface area contributed by atoms with Gasteiger partial charge in [-0.3, -0.25) is 0 Å². The number of nitrogens with zero attached hydrogens (tertiary/aromatic N) is 2. The van der Waals surface area contributed by atoms with Crippen LogP contribution in [-0.2, 0) is 0 Å². The minimum absolute atomic E-state index is 0.0854. The third-order valence-electron chi connectivity index (χ3n) is 2.77. The van der Waals surface area contributed by atoms with Crippen LogP contribution in [-0.4, -0.2) is 47.7 Å². The third-order valence-corrected chi connectivity index (χ3v) is 2.97. The fourth-order valence-electron chi connectivity index (χ4n) is 1.66. The van der Waals surface area contributed by atoms with Crippen LogP contribution in [0.3, 0.4) is 0 Å². The zero-order chi connectivity index (χ0) is 16.5. The average molecular weight is 342 g/mol. The number of aromatic nitrogens is 2. The van der Waals surface area contributed by atoms with Crippen LogP contribution in [0.2, 0.25) is 5.15 Å². The Balaban J connectivity index is 1.55. The lowest BCUT2D eigenvalue weighted by Crippen LogP contribution is -2.33. The van der Waals surface area contributed by atoms with Gasteiger partial charge in [0.15, 0.2) is 5.15 Å². The Morgan fingerprint density at radius 1 is 1.13 bits per heavy atom. The number of benzene rings is 1. The van der Waals surface area contributed by atoms with E-state index in [-0.39, 0.29) is 17.6 Å². The van der Waals surface area contributed by atoms with Crippen LogP contribution in [0.25, 0.3) is 0 Å². The molecular formula is C15H17ClFN3O3. The molecule has 1 aromatic heterocycles. The maximum atomic E-state index is 12.7. The standard InChI is InChI=1S/C15H17ClFN3O3/c16-14-5-6-15(20-19-14)23-10-12(21)9-18-7-8-22-13-3-1-11(17)2-4-13/h1-6,12,18,21H,7-10H2. The highest BCUT2D eigenvalue weighted by Gasteiger charge is 2.06. The van der Waals surface area contributed by atoms with Crippen LogP contribution in [0.4, 0.5) is 4.39 Å². The summed E-state index contributed by atoms with van der Waals surface area (Å²) in [5, 5.41) is 20.4. The van der Waals surface area contributed by atoms with Crippen LogP contribution in [0.1, 0.15) is 0 Å². The van der Waals surface area contributed by atoms with E-state index >= 15 is 0 Å². The minimum atomic E-state index is -0.696. The number of aliphatic hydroxyl groups is 1. The highest BCUT2D eigenvalue weighted by molar-refractivity contribution is 6.29. The van der Waals surface area contributed by atoms with Gasteiger partial charge in [-0.15, -0.1) is 10.2 Å². The molecule has 0 saturated carbocycles. The summed E-state index contributed by atoms with van der Waals surface area (Å²) in [6.07, 6.45) is -0.696. The molecule has 6 nitrogen and oxygen atoms in total. The number of nitrogens with one attached hydrogen (secondary N) is 1. The summed E-state index contributed by atoms with van der Waals surface area (Å²) < 4.78 is 23.4. The summed E-state index contributed by atoms with van der Waals surface area (Å²) in [4.78, 5) is 0. The zero-order valence-corrected chi connectivity index (χ0v) is 13.0. The quantitative estimate of drug-likeness (QED) is 0.676. The van der Waals surface area contributed by atoms with Gasteiger partial charge in [0.25, 0.3) is 0 Å². The van der Waals surface area contributed by atoms with E-state index in [2.05, 4.69) is 15.5 Å². The SMILES string of the molecule is OC(CNCCOc1ccc(F)cc1)COc1ccc(Cl)nn1. The third kappa shape index (κ3) is 6.77. The summed E-state index contributed by atoms with van der Waals surface area (Å²) >= 11 is 5.61. The van der Waals surface area contributed by atoms with Gasteiger partial charge >= 0.3 is 0 Å². The van der Waals surface area contributed by atoms with Crippen LogP contribution in [0.5, 0.6) is 11.6 Å². The Hall–Kier alpha value is -1.96. The second-order valence-electron chi connectivity index (χ2n) is 4.67. The first kappa shape index (κ1) is 17.4. The highest BCUT2D eigenvalue weighted by atomic mass is 35.5. The largest absolute Gasteiger partial charge is 0.492 e. The molecule has 0 aliphatic rings. The van der Waals surface area contributed by atoms with E-state index in [1.54, 1.807) is 24.3 Å². The highest BCUT2D eigenvalue weighted by Crippen LogP contribution is 2.10.